The molecule has 1 heterocycles. The zero-order valence-corrected chi connectivity index (χ0v) is 13.8. The molecule has 0 spiro atoms. The van der Waals surface area contributed by atoms with Gasteiger partial charge in [0.2, 0.25) is 0 Å². The molecular weight excluding hydrogens is 334 g/mol. The minimum Gasteiger partial charge on any atom is -0.496 e. The van der Waals surface area contributed by atoms with Crippen LogP contribution in [0.3, 0.4) is 0 Å². The van der Waals surface area contributed by atoms with Gasteiger partial charge in [-0.2, -0.15) is 5.10 Å². The number of thioether (sulfide) groups is 1. The highest BCUT2D eigenvalue weighted by molar-refractivity contribution is 8.18. The number of carbonyl (C=O) groups excluding carboxylic acids is 2. The van der Waals surface area contributed by atoms with Gasteiger partial charge in [-0.1, -0.05) is 0 Å². The molecule has 0 aliphatic carbocycles. The number of amidine groups is 1. The molecule has 0 bridgehead atoms. The molecule has 1 amide bonds. The van der Waals surface area contributed by atoms with Crippen LogP contribution in [0.25, 0.3) is 0 Å². The van der Waals surface area contributed by atoms with E-state index in [-0.39, 0.29) is 16.7 Å². The van der Waals surface area contributed by atoms with Crippen molar-refractivity contribution in [2.45, 2.75) is 6.61 Å². The van der Waals surface area contributed by atoms with E-state index in [4.69, 9.17) is 4.74 Å². The number of amides is 1. The lowest BCUT2D eigenvalue weighted by Gasteiger charge is -2.06. The number of ether oxygens (including phenoxy) is 2. The normalized spacial score (nSPS) is 17.5. The topological polar surface area (TPSA) is 110 Å². The third-order valence-electron chi connectivity index (χ3n) is 2.93. The van der Waals surface area contributed by atoms with Crippen molar-refractivity contribution in [3.8, 4) is 5.75 Å². The second-order valence-corrected chi connectivity index (χ2v) is 5.50. The first kappa shape index (κ1) is 17.7. The van der Waals surface area contributed by atoms with Crippen LogP contribution in [0, 0.1) is 0 Å². The lowest BCUT2D eigenvalue weighted by atomic mass is 10.1. The number of aliphatic hydroxyl groups excluding tert-OH is 1. The first-order chi connectivity index (χ1) is 11.6. The van der Waals surface area contributed by atoms with E-state index in [0.717, 1.165) is 17.8 Å². The molecule has 1 aromatic carbocycles. The quantitative estimate of drug-likeness (QED) is 0.352. The summed E-state index contributed by atoms with van der Waals surface area (Å²) in [5.41, 5.74) is 1.34. The van der Waals surface area contributed by atoms with Crippen molar-refractivity contribution in [2.24, 2.45) is 10.2 Å². The Kier molecular flexibility index (Phi) is 6.10. The summed E-state index contributed by atoms with van der Waals surface area (Å²) in [4.78, 5) is 23.0. The molecule has 0 radical (unpaired) electrons. The standard InChI is InChI=1S/C15H15N3O5S/c1-22-11-4-3-9(5-10(11)8-19)7-16-18-15-17-14(21)12(24-15)6-13(20)23-2/h3-7,19H,8H2,1-2H3,(H,17,18,21)/b12-6+,16-7?. The Bertz CT molecular complexity index is 743. The van der Waals surface area contributed by atoms with E-state index in [9.17, 15) is 14.7 Å². The summed E-state index contributed by atoms with van der Waals surface area (Å²) >= 11 is 0.987. The minimum absolute atomic E-state index is 0.160. The highest BCUT2D eigenvalue weighted by Gasteiger charge is 2.24. The molecule has 1 aliphatic rings. The van der Waals surface area contributed by atoms with Gasteiger partial charge >= 0.3 is 5.97 Å². The molecule has 126 valence electrons. The van der Waals surface area contributed by atoms with Crippen LogP contribution < -0.4 is 10.1 Å². The molecule has 2 rings (SSSR count). The fourth-order valence-corrected chi connectivity index (χ4v) is 2.53. The van der Waals surface area contributed by atoms with Gasteiger partial charge in [-0.05, 0) is 35.5 Å². The number of esters is 1. The predicted molar refractivity (Wildman–Crippen MR) is 89.8 cm³/mol. The van der Waals surface area contributed by atoms with E-state index in [1.807, 2.05) is 0 Å². The Labute approximate surface area is 142 Å². The van der Waals surface area contributed by atoms with Crippen molar-refractivity contribution < 1.29 is 24.2 Å². The van der Waals surface area contributed by atoms with E-state index >= 15 is 0 Å². The Morgan fingerprint density at radius 2 is 2.21 bits per heavy atom. The van der Waals surface area contributed by atoms with Crippen molar-refractivity contribution in [1.29, 1.82) is 0 Å². The first-order valence-electron chi connectivity index (χ1n) is 6.75. The van der Waals surface area contributed by atoms with Gasteiger partial charge in [0, 0.05) is 11.6 Å². The van der Waals surface area contributed by atoms with Gasteiger partial charge in [0.1, 0.15) is 5.75 Å². The van der Waals surface area contributed by atoms with Crippen LogP contribution in [0.1, 0.15) is 11.1 Å². The van der Waals surface area contributed by atoms with Gasteiger partial charge < -0.3 is 14.6 Å². The first-order valence-corrected chi connectivity index (χ1v) is 7.56. The maximum absolute atomic E-state index is 11.6. The summed E-state index contributed by atoms with van der Waals surface area (Å²) in [6.45, 7) is -0.160. The fourth-order valence-electron chi connectivity index (χ4n) is 1.79. The van der Waals surface area contributed by atoms with Gasteiger partial charge in [-0.15, -0.1) is 5.10 Å². The van der Waals surface area contributed by atoms with Crippen LogP contribution >= 0.6 is 11.8 Å². The lowest BCUT2D eigenvalue weighted by Crippen LogP contribution is -2.19. The summed E-state index contributed by atoms with van der Waals surface area (Å²) in [7, 11) is 2.75. The van der Waals surface area contributed by atoms with E-state index in [0.29, 0.717) is 16.9 Å². The van der Waals surface area contributed by atoms with Crippen molar-refractivity contribution in [3.05, 3.63) is 40.3 Å². The van der Waals surface area contributed by atoms with E-state index in [1.54, 1.807) is 18.2 Å². The molecule has 1 saturated heterocycles. The predicted octanol–water partition coefficient (Wildman–Crippen LogP) is 0.797. The average molecular weight is 349 g/mol. The van der Waals surface area contributed by atoms with Gasteiger partial charge in [-0.25, -0.2) is 4.79 Å². The summed E-state index contributed by atoms with van der Waals surface area (Å²) in [5, 5.41) is 19.8. The maximum Gasteiger partial charge on any atom is 0.331 e. The Balaban J connectivity index is 2.08. The van der Waals surface area contributed by atoms with Gasteiger partial charge in [0.25, 0.3) is 5.91 Å². The van der Waals surface area contributed by atoms with Crippen molar-refractivity contribution in [2.75, 3.05) is 14.2 Å². The van der Waals surface area contributed by atoms with E-state index < -0.39 is 11.9 Å². The molecule has 2 N–H and O–H groups in total. The summed E-state index contributed by atoms with van der Waals surface area (Å²) in [6, 6.07) is 5.18. The van der Waals surface area contributed by atoms with Crippen LogP contribution in [0.4, 0.5) is 0 Å². The molecule has 1 aliphatic heterocycles. The lowest BCUT2D eigenvalue weighted by molar-refractivity contribution is -0.135. The molecule has 0 atom stereocenters. The molecule has 8 nitrogen and oxygen atoms in total. The average Bonchev–Trinajstić information content (AvgIpc) is 2.94. The number of hydrogen-bond acceptors (Lipinski definition) is 8. The zero-order valence-electron chi connectivity index (χ0n) is 13.0. The van der Waals surface area contributed by atoms with Crippen LogP contribution in [-0.2, 0) is 20.9 Å². The number of nitrogens with zero attached hydrogens (tertiary/aromatic N) is 2. The van der Waals surface area contributed by atoms with Crippen molar-refractivity contribution >= 4 is 35.0 Å². The Morgan fingerprint density at radius 1 is 1.42 bits per heavy atom. The van der Waals surface area contributed by atoms with Gasteiger partial charge in [0.15, 0.2) is 5.17 Å². The molecule has 1 fully saturated rings. The number of nitrogens with one attached hydrogen (secondary N) is 1. The van der Waals surface area contributed by atoms with Gasteiger partial charge in [0.05, 0.1) is 31.9 Å². The third kappa shape index (κ3) is 4.43. The molecule has 9 heteroatoms. The number of rotatable bonds is 5. The van der Waals surface area contributed by atoms with E-state index in [1.165, 1.54) is 20.4 Å². The summed E-state index contributed by atoms with van der Waals surface area (Å²) in [6.07, 6.45) is 2.56. The van der Waals surface area contributed by atoms with Crippen LogP contribution in [0.15, 0.2) is 39.4 Å². The second kappa shape index (κ2) is 8.27. The number of methoxy groups -OCH3 is 2. The van der Waals surface area contributed by atoms with E-state index in [2.05, 4.69) is 20.3 Å². The number of aliphatic hydroxyl groups is 1. The molecule has 0 saturated carbocycles. The van der Waals surface area contributed by atoms with Crippen LogP contribution in [0.5, 0.6) is 5.75 Å². The van der Waals surface area contributed by atoms with Gasteiger partial charge in [-0.3, -0.25) is 10.1 Å². The van der Waals surface area contributed by atoms with Crippen LogP contribution in [0.2, 0.25) is 0 Å². The Hall–Kier alpha value is -2.65. The SMILES string of the molecule is COC(=O)/C=C1/S/C(=N\N=Cc2ccc(OC)c(CO)c2)NC1=O. The Morgan fingerprint density at radius 3 is 2.88 bits per heavy atom. The van der Waals surface area contributed by atoms with Crippen LogP contribution in [-0.4, -0.2) is 42.6 Å². The molecule has 0 unspecified atom stereocenters. The van der Waals surface area contributed by atoms with Crippen molar-refractivity contribution in [1.82, 2.24) is 5.32 Å². The smallest absolute Gasteiger partial charge is 0.331 e. The summed E-state index contributed by atoms with van der Waals surface area (Å²) < 4.78 is 9.58. The third-order valence-corrected chi connectivity index (χ3v) is 3.83. The largest absolute Gasteiger partial charge is 0.496 e. The molecule has 0 aromatic heterocycles. The minimum atomic E-state index is -0.618. The monoisotopic (exact) mass is 349 g/mol. The number of hydrogen-bond donors (Lipinski definition) is 2. The molecule has 1 aromatic rings. The maximum atomic E-state index is 11.6. The molecular formula is C15H15N3O5S. The highest BCUT2D eigenvalue weighted by atomic mass is 32.2. The second-order valence-electron chi connectivity index (χ2n) is 4.47. The number of carbonyl (C=O) groups is 2. The number of benzene rings is 1. The fraction of sp³-hybridized carbons (Fsp3) is 0.200. The zero-order chi connectivity index (χ0) is 17.5. The summed E-state index contributed by atoms with van der Waals surface area (Å²) in [5.74, 6) is -0.476. The molecule has 24 heavy (non-hydrogen) atoms. The highest BCUT2D eigenvalue weighted by Crippen LogP contribution is 2.23. The van der Waals surface area contributed by atoms with Crippen molar-refractivity contribution in [3.63, 3.8) is 0 Å².